The molecule has 0 saturated carbocycles. The minimum absolute atomic E-state index is 0.210. The lowest BCUT2D eigenvalue weighted by atomic mass is 10.2. The van der Waals surface area contributed by atoms with Crippen LogP contribution in [-0.2, 0) is 0 Å². The molecule has 1 aromatic carbocycles. The van der Waals surface area contributed by atoms with Crippen molar-refractivity contribution in [3.63, 3.8) is 0 Å². The number of hydrogen-bond donors (Lipinski definition) is 1. The Kier molecular flexibility index (Phi) is 2.92. The van der Waals surface area contributed by atoms with Crippen LogP contribution in [0.4, 0.5) is 10.3 Å². The van der Waals surface area contributed by atoms with E-state index < -0.39 is 5.82 Å². The molecule has 0 aliphatic carbocycles. The van der Waals surface area contributed by atoms with Gasteiger partial charge in [0, 0.05) is 18.2 Å². The highest BCUT2D eigenvalue weighted by Gasteiger charge is 2.15. The van der Waals surface area contributed by atoms with Crippen LogP contribution in [0.3, 0.4) is 0 Å². The van der Waals surface area contributed by atoms with Gasteiger partial charge in [-0.1, -0.05) is 6.92 Å². The summed E-state index contributed by atoms with van der Waals surface area (Å²) in [4.78, 5) is 4.16. The Morgan fingerprint density at radius 1 is 1.53 bits per heavy atom. The summed E-state index contributed by atoms with van der Waals surface area (Å²) in [5.41, 5.74) is 7.22. The van der Waals surface area contributed by atoms with Crippen LogP contribution in [0.1, 0.15) is 26.3 Å². The molecule has 0 saturated heterocycles. The lowest BCUT2D eigenvalue weighted by molar-refractivity contribution is 0.387. The summed E-state index contributed by atoms with van der Waals surface area (Å²) < 4.78 is 20.4. The summed E-state index contributed by atoms with van der Waals surface area (Å²) in [6.45, 7) is 4.12. The first kappa shape index (κ1) is 11.7. The van der Waals surface area contributed by atoms with E-state index in [2.05, 4.69) is 11.9 Å². The Hall–Kier alpha value is -1.78. The highest BCUT2D eigenvalue weighted by molar-refractivity contribution is 5.80. The lowest BCUT2D eigenvalue weighted by Crippen LogP contribution is -2.07. The molecule has 0 fully saturated rings. The van der Waals surface area contributed by atoms with Crippen LogP contribution in [0.2, 0.25) is 0 Å². The van der Waals surface area contributed by atoms with Crippen molar-refractivity contribution in [2.45, 2.75) is 26.3 Å². The van der Waals surface area contributed by atoms with Crippen LogP contribution in [0, 0.1) is 5.82 Å². The molecule has 0 radical (unpaired) electrons. The van der Waals surface area contributed by atoms with Crippen LogP contribution in [0.5, 0.6) is 5.75 Å². The standard InChI is InChI=1S/C12H16FN3O/c1-4-7(2)16-10-6-11(17-3)8(13)5-9(10)15-12(16)14/h5-7H,4H2,1-3H3,(H2,14,15). The quantitative estimate of drug-likeness (QED) is 0.893. The van der Waals surface area contributed by atoms with Gasteiger partial charge < -0.3 is 15.0 Å². The number of imidazole rings is 1. The summed E-state index contributed by atoms with van der Waals surface area (Å²) >= 11 is 0. The molecular formula is C12H16FN3O. The summed E-state index contributed by atoms with van der Waals surface area (Å²) in [6.07, 6.45) is 0.926. The van der Waals surface area contributed by atoms with E-state index in [1.165, 1.54) is 13.2 Å². The molecule has 0 spiro atoms. The fourth-order valence-electron chi connectivity index (χ4n) is 1.92. The maximum absolute atomic E-state index is 13.5. The maximum atomic E-state index is 13.5. The van der Waals surface area contributed by atoms with Crippen molar-refractivity contribution in [3.05, 3.63) is 17.9 Å². The van der Waals surface area contributed by atoms with Gasteiger partial charge in [0.1, 0.15) is 0 Å². The number of nitrogens with two attached hydrogens (primary N) is 1. The van der Waals surface area contributed by atoms with E-state index in [1.54, 1.807) is 6.07 Å². The van der Waals surface area contributed by atoms with Crippen molar-refractivity contribution in [2.24, 2.45) is 0 Å². The van der Waals surface area contributed by atoms with Gasteiger partial charge in [0.15, 0.2) is 11.6 Å². The van der Waals surface area contributed by atoms with Crippen LogP contribution in [0.15, 0.2) is 12.1 Å². The van der Waals surface area contributed by atoms with Crippen molar-refractivity contribution in [1.82, 2.24) is 9.55 Å². The molecule has 0 amide bonds. The van der Waals surface area contributed by atoms with Crippen molar-refractivity contribution in [1.29, 1.82) is 0 Å². The molecule has 2 aromatic rings. The van der Waals surface area contributed by atoms with Crippen LogP contribution < -0.4 is 10.5 Å². The summed E-state index contributed by atoms with van der Waals surface area (Å²) in [7, 11) is 1.44. The number of aromatic nitrogens is 2. The van der Waals surface area contributed by atoms with E-state index in [0.29, 0.717) is 11.5 Å². The summed E-state index contributed by atoms with van der Waals surface area (Å²) in [6, 6.07) is 3.21. The molecule has 0 bridgehead atoms. The van der Waals surface area contributed by atoms with E-state index in [0.717, 1.165) is 11.9 Å². The van der Waals surface area contributed by atoms with Gasteiger partial charge in [-0.2, -0.15) is 0 Å². The van der Waals surface area contributed by atoms with Gasteiger partial charge in [-0.05, 0) is 13.3 Å². The largest absolute Gasteiger partial charge is 0.494 e. The molecule has 17 heavy (non-hydrogen) atoms. The van der Waals surface area contributed by atoms with Crippen LogP contribution in [0.25, 0.3) is 11.0 Å². The maximum Gasteiger partial charge on any atom is 0.201 e. The lowest BCUT2D eigenvalue weighted by Gasteiger charge is -2.13. The van der Waals surface area contributed by atoms with Gasteiger partial charge in [0.2, 0.25) is 5.95 Å². The third-order valence-electron chi connectivity index (χ3n) is 3.02. The molecule has 4 nitrogen and oxygen atoms in total. The minimum Gasteiger partial charge on any atom is -0.494 e. The van der Waals surface area contributed by atoms with Gasteiger partial charge in [-0.3, -0.25) is 0 Å². The second kappa shape index (κ2) is 4.24. The summed E-state index contributed by atoms with van der Waals surface area (Å²) in [5.74, 6) is 0.192. The predicted octanol–water partition coefficient (Wildman–Crippen LogP) is 2.74. The van der Waals surface area contributed by atoms with Crippen molar-refractivity contribution in [2.75, 3.05) is 12.8 Å². The van der Waals surface area contributed by atoms with Gasteiger partial charge in [-0.25, -0.2) is 9.37 Å². The second-order valence-electron chi connectivity index (χ2n) is 4.07. The molecule has 2 N–H and O–H groups in total. The Morgan fingerprint density at radius 3 is 2.82 bits per heavy atom. The monoisotopic (exact) mass is 237 g/mol. The number of nitrogen functional groups attached to an aromatic ring is 1. The predicted molar refractivity (Wildman–Crippen MR) is 65.7 cm³/mol. The van der Waals surface area contributed by atoms with Crippen molar-refractivity contribution >= 4 is 17.0 Å². The zero-order valence-corrected chi connectivity index (χ0v) is 10.2. The van der Waals surface area contributed by atoms with E-state index in [-0.39, 0.29) is 11.8 Å². The topological polar surface area (TPSA) is 53.1 Å². The van der Waals surface area contributed by atoms with Crippen LogP contribution >= 0.6 is 0 Å². The number of fused-ring (bicyclic) bond motifs is 1. The Labute approximate surface area is 99.2 Å². The number of methoxy groups -OCH3 is 1. The number of ether oxygens (including phenoxy) is 1. The first-order valence-electron chi connectivity index (χ1n) is 5.59. The number of halogens is 1. The molecule has 1 heterocycles. The van der Waals surface area contributed by atoms with Gasteiger partial charge in [-0.15, -0.1) is 0 Å². The average molecular weight is 237 g/mol. The highest BCUT2D eigenvalue weighted by atomic mass is 19.1. The molecule has 2 rings (SSSR count). The third kappa shape index (κ3) is 1.81. The van der Waals surface area contributed by atoms with E-state index in [1.807, 2.05) is 11.5 Å². The molecule has 5 heteroatoms. The van der Waals surface area contributed by atoms with Gasteiger partial charge >= 0.3 is 0 Å². The smallest absolute Gasteiger partial charge is 0.201 e. The molecule has 92 valence electrons. The Morgan fingerprint density at radius 2 is 2.24 bits per heavy atom. The number of nitrogens with zero attached hydrogens (tertiary/aromatic N) is 2. The van der Waals surface area contributed by atoms with Crippen molar-refractivity contribution < 1.29 is 9.13 Å². The van der Waals surface area contributed by atoms with Crippen LogP contribution in [-0.4, -0.2) is 16.7 Å². The first-order chi connectivity index (χ1) is 8.08. The number of benzene rings is 1. The van der Waals surface area contributed by atoms with E-state index in [9.17, 15) is 4.39 Å². The molecule has 0 aliphatic rings. The second-order valence-corrected chi connectivity index (χ2v) is 4.07. The normalized spacial score (nSPS) is 12.9. The number of rotatable bonds is 3. The fraction of sp³-hybridized carbons (Fsp3) is 0.417. The molecular weight excluding hydrogens is 221 g/mol. The SMILES string of the molecule is CCC(C)n1c(N)nc2cc(F)c(OC)cc21. The molecule has 0 aliphatic heterocycles. The fourth-order valence-corrected chi connectivity index (χ4v) is 1.92. The molecule has 1 aromatic heterocycles. The zero-order chi connectivity index (χ0) is 12.6. The third-order valence-corrected chi connectivity index (χ3v) is 3.02. The Balaban J connectivity index is 2.71. The molecule has 1 unspecified atom stereocenters. The number of anilines is 1. The highest BCUT2D eigenvalue weighted by Crippen LogP contribution is 2.29. The summed E-state index contributed by atoms with van der Waals surface area (Å²) in [5, 5.41) is 0. The van der Waals surface area contributed by atoms with Crippen molar-refractivity contribution in [3.8, 4) is 5.75 Å². The number of hydrogen-bond acceptors (Lipinski definition) is 3. The van der Waals surface area contributed by atoms with Gasteiger partial charge in [0.05, 0.1) is 18.1 Å². The minimum atomic E-state index is -0.422. The van der Waals surface area contributed by atoms with E-state index in [4.69, 9.17) is 10.5 Å². The Bertz CT molecular complexity index is 550. The zero-order valence-electron chi connectivity index (χ0n) is 10.2. The first-order valence-corrected chi connectivity index (χ1v) is 5.59. The average Bonchev–Trinajstić information content (AvgIpc) is 2.62. The van der Waals surface area contributed by atoms with Gasteiger partial charge in [0.25, 0.3) is 0 Å². The molecule has 1 atom stereocenters. The van der Waals surface area contributed by atoms with E-state index >= 15 is 0 Å².